The number of aromatic nitrogens is 4. The SMILES string of the molecule is CC(C)c1c(C=CC=O)cnn1-c1cc(Cl)nc(N)n1. The van der Waals surface area contributed by atoms with E-state index in [1.54, 1.807) is 23.0 Å². The van der Waals surface area contributed by atoms with Gasteiger partial charge in [0.15, 0.2) is 5.82 Å². The Balaban J connectivity index is 2.59. The van der Waals surface area contributed by atoms with Crippen molar-refractivity contribution in [1.82, 2.24) is 19.7 Å². The van der Waals surface area contributed by atoms with Crippen molar-refractivity contribution in [3.63, 3.8) is 0 Å². The van der Waals surface area contributed by atoms with Gasteiger partial charge in [-0.2, -0.15) is 10.1 Å². The lowest BCUT2D eigenvalue weighted by atomic mass is 10.1. The predicted octanol–water partition coefficient (Wildman–Crippen LogP) is 2.23. The summed E-state index contributed by atoms with van der Waals surface area (Å²) < 4.78 is 1.65. The van der Waals surface area contributed by atoms with Crippen LogP contribution in [0.15, 0.2) is 18.3 Å². The van der Waals surface area contributed by atoms with Crippen LogP contribution in [-0.4, -0.2) is 26.0 Å². The number of rotatable bonds is 4. The van der Waals surface area contributed by atoms with Crippen molar-refractivity contribution >= 4 is 29.9 Å². The third-order valence-electron chi connectivity index (χ3n) is 2.65. The molecule has 0 unspecified atom stereocenters. The fourth-order valence-corrected chi connectivity index (χ4v) is 2.12. The molecule has 0 atom stereocenters. The van der Waals surface area contributed by atoms with Gasteiger partial charge in [-0.3, -0.25) is 4.79 Å². The second kappa shape index (κ2) is 5.83. The van der Waals surface area contributed by atoms with Gasteiger partial charge in [0.05, 0.1) is 11.9 Å². The van der Waals surface area contributed by atoms with Crippen LogP contribution in [0.2, 0.25) is 5.15 Å². The molecule has 2 rings (SSSR count). The van der Waals surface area contributed by atoms with E-state index in [0.29, 0.717) is 5.82 Å². The highest BCUT2D eigenvalue weighted by Crippen LogP contribution is 2.24. The number of halogens is 1. The van der Waals surface area contributed by atoms with Crippen molar-refractivity contribution in [3.8, 4) is 5.82 Å². The Morgan fingerprint density at radius 1 is 1.40 bits per heavy atom. The summed E-state index contributed by atoms with van der Waals surface area (Å²) >= 11 is 5.89. The summed E-state index contributed by atoms with van der Waals surface area (Å²) in [5.74, 6) is 0.762. The summed E-state index contributed by atoms with van der Waals surface area (Å²) in [5, 5.41) is 4.54. The molecule has 0 aromatic carbocycles. The molecule has 7 heteroatoms. The zero-order valence-electron chi connectivity index (χ0n) is 11.1. The molecule has 0 fully saturated rings. The van der Waals surface area contributed by atoms with E-state index in [-0.39, 0.29) is 17.0 Å². The second-order valence-corrected chi connectivity index (χ2v) is 4.84. The van der Waals surface area contributed by atoms with Gasteiger partial charge in [0.25, 0.3) is 0 Å². The molecule has 2 aromatic heterocycles. The zero-order chi connectivity index (χ0) is 14.7. The van der Waals surface area contributed by atoms with Gasteiger partial charge in [-0.1, -0.05) is 25.4 Å². The Kier molecular flexibility index (Phi) is 4.14. The fourth-order valence-electron chi connectivity index (χ4n) is 1.93. The molecule has 0 aliphatic carbocycles. The van der Waals surface area contributed by atoms with Crippen LogP contribution in [0.4, 0.5) is 5.95 Å². The third-order valence-corrected chi connectivity index (χ3v) is 2.85. The maximum atomic E-state index is 10.5. The highest BCUT2D eigenvalue weighted by molar-refractivity contribution is 6.29. The number of carbonyl (C=O) groups is 1. The number of nitrogen functional groups attached to an aromatic ring is 1. The van der Waals surface area contributed by atoms with Crippen LogP contribution in [0, 0.1) is 0 Å². The highest BCUT2D eigenvalue weighted by Gasteiger charge is 2.15. The first-order valence-corrected chi connectivity index (χ1v) is 6.41. The molecule has 104 valence electrons. The van der Waals surface area contributed by atoms with Crippen LogP contribution in [0.1, 0.15) is 31.0 Å². The molecule has 0 bridgehead atoms. The van der Waals surface area contributed by atoms with Gasteiger partial charge < -0.3 is 5.73 Å². The van der Waals surface area contributed by atoms with Crippen molar-refractivity contribution in [3.05, 3.63) is 34.7 Å². The molecule has 2 heterocycles. The number of carbonyl (C=O) groups excluding carboxylic acids is 1. The number of anilines is 1. The zero-order valence-corrected chi connectivity index (χ0v) is 11.9. The van der Waals surface area contributed by atoms with Gasteiger partial charge in [0.1, 0.15) is 11.4 Å². The monoisotopic (exact) mass is 291 g/mol. The summed E-state index contributed by atoms with van der Waals surface area (Å²) in [5.41, 5.74) is 7.36. The Hall–Kier alpha value is -2.21. The van der Waals surface area contributed by atoms with E-state index in [4.69, 9.17) is 17.3 Å². The largest absolute Gasteiger partial charge is 0.368 e. The van der Waals surface area contributed by atoms with Gasteiger partial charge in [0.2, 0.25) is 5.95 Å². The fraction of sp³-hybridized carbons (Fsp3) is 0.231. The van der Waals surface area contributed by atoms with Gasteiger partial charge in [0, 0.05) is 11.6 Å². The molecule has 0 saturated carbocycles. The first kappa shape index (κ1) is 14.2. The molecule has 20 heavy (non-hydrogen) atoms. The van der Waals surface area contributed by atoms with Gasteiger partial charge in [-0.15, -0.1) is 0 Å². The third kappa shape index (κ3) is 2.85. The number of allylic oxidation sites excluding steroid dienone is 1. The first-order chi connectivity index (χ1) is 9.52. The van der Waals surface area contributed by atoms with Crippen LogP contribution in [0.3, 0.4) is 0 Å². The van der Waals surface area contributed by atoms with Crippen molar-refractivity contribution in [2.45, 2.75) is 19.8 Å². The minimum Gasteiger partial charge on any atom is -0.368 e. The van der Waals surface area contributed by atoms with Gasteiger partial charge in [-0.25, -0.2) is 9.67 Å². The lowest BCUT2D eigenvalue weighted by Crippen LogP contribution is -2.08. The van der Waals surface area contributed by atoms with Crippen LogP contribution < -0.4 is 5.73 Å². The molecule has 2 aromatic rings. The van der Waals surface area contributed by atoms with Crippen LogP contribution in [0.5, 0.6) is 0 Å². The van der Waals surface area contributed by atoms with Crippen molar-refractivity contribution in [1.29, 1.82) is 0 Å². The minimum atomic E-state index is 0.0858. The number of nitrogens with two attached hydrogens (primary N) is 1. The second-order valence-electron chi connectivity index (χ2n) is 4.45. The lowest BCUT2D eigenvalue weighted by molar-refractivity contribution is -0.104. The molecule has 6 nitrogen and oxygen atoms in total. The summed E-state index contributed by atoms with van der Waals surface area (Å²) in [6.07, 6.45) is 5.52. The molecule has 2 N–H and O–H groups in total. The summed E-state index contributed by atoms with van der Waals surface area (Å²) in [6, 6.07) is 1.59. The first-order valence-electron chi connectivity index (χ1n) is 6.03. The molecule has 0 radical (unpaired) electrons. The summed E-state index contributed by atoms with van der Waals surface area (Å²) in [4.78, 5) is 18.4. The number of nitrogens with zero attached hydrogens (tertiary/aromatic N) is 4. The molecular formula is C13H14ClN5O. The van der Waals surface area contributed by atoms with Gasteiger partial charge in [-0.05, 0) is 18.1 Å². The molecule has 0 spiro atoms. The maximum absolute atomic E-state index is 10.5. The normalized spacial score (nSPS) is 11.4. The predicted molar refractivity (Wildman–Crippen MR) is 77.8 cm³/mol. The molecular weight excluding hydrogens is 278 g/mol. The Labute approximate surface area is 121 Å². The van der Waals surface area contributed by atoms with Gasteiger partial charge >= 0.3 is 0 Å². The van der Waals surface area contributed by atoms with Crippen molar-refractivity contribution in [2.24, 2.45) is 0 Å². The smallest absolute Gasteiger partial charge is 0.223 e. The summed E-state index contributed by atoms with van der Waals surface area (Å²) in [7, 11) is 0. The standard InChI is InChI=1S/C13H14ClN5O/c1-8(2)12-9(4-3-5-20)7-16-19(12)11-6-10(14)17-13(15)18-11/h3-8H,1-2H3,(H2,15,17,18). The minimum absolute atomic E-state index is 0.0858. The lowest BCUT2D eigenvalue weighted by Gasteiger charge is -2.11. The maximum Gasteiger partial charge on any atom is 0.223 e. The van der Waals surface area contributed by atoms with Crippen LogP contribution >= 0.6 is 11.6 Å². The average molecular weight is 292 g/mol. The number of aldehydes is 1. The van der Waals surface area contributed by atoms with E-state index in [2.05, 4.69) is 15.1 Å². The van der Waals surface area contributed by atoms with E-state index >= 15 is 0 Å². The van der Waals surface area contributed by atoms with E-state index < -0.39 is 0 Å². The Bertz CT molecular complexity index is 643. The highest BCUT2D eigenvalue weighted by atomic mass is 35.5. The summed E-state index contributed by atoms with van der Waals surface area (Å²) in [6.45, 7) is 4.05. The Morgan fingerprint density at radius 3 is 2.75 bits per heavy atom. The molecule has 0 aliphatic heterocycles. The van der Waals surface area contributed by atoms with E-state index in [0.717, 1.165) is 17.5 Å². The molecule has 0 aliphatic rings. The quantitative estimate of drug-likeness (QED) is 0.530. The van der Waals surface area contributed by atoms with Crippen LogP contribution in [0.25, 0.3) is 11.9 Å². The number of hydrogen-bond acceptors (Lipinski definition) is 5. The van der Waals surface area contributed by atoms with E-state index in [1.165, 1.54) is 6.08 Å². The van der Waals surface area contributed by atoms with Crippen LogP contribution in [-0.2, 0) is 4.79 Å². The van der Waals surface area contributed by atoms with Crippen molar-refractivity contribution < 1.29 is 4.79 Å². The molecule has 0 saturated heterocycles. The number of hydrogen-bond donors (Lipinski definition) is 1. The topological polar surface area (TPSA) is 86.7 Å². The van der Waals surface area contributed by atoms with E-state index in [1.807, 2.05) is 13.8 Å². The Morgan fingerprint density at radius 2 is 2.15 bits per heavy atom. The van der Waals surface area contributed by atoms with Crippen molar-refractivity contribution in [2.75, 3.05) is 5.73 Å². The average Bonchev–Trinajstić information content (AvgIpc) is 2.79. The van der Waals surface area contributed by atoms with E-state index in [9.17, 15) is 4.79 Å². The molecule has 0 amide bonds.